The molecule has 1 saturated heterocycles. The first-order valence-corrected chi connectivity index (χ1v) is 12.8. The summed E-state index contributed by atoms with van der Waals surface area (Å²) in [6.45, 7) is 6.91. The SMILES string of the molecule is CCCCCCS(=O)(=O)c1cc(Cl)c(C(=O)CCN2CCN(C(C)=O)CC2)cc1Cl. The molecule has 1 aromatic carbocycles. The molecule has 0 saturated carbocycles. The highest BCUT2D eigenvalue weighted by Crippen LogP contribution is 2.30. The Kier molecular flexibility index (Phi) is 9.60. The second-order valence-corrected chi connectivity index (χ2v) is 10.6. The molecule has 0 bridgehead atoms. The predicted octanol–water partition coefficient (Wildman–Crippen LogP) is 4.08. The van der Waals surface area contributed by atoms with E-state index >= 15 is 0 Å². The third kappa shape index (κ3) is 6.94. The summed E-state index contributed by atoms with van der Waals surface area (Å²) in [5.41, 5.74) is 0.244. The quantitative estimate of drug-likeness (QED) is 0.375. The second kappa shape index (κ2) is 11.5. The number of nitrogens with zero attached hydrogens (tertiary/aromatic N) is 2. The van der Waals surface area contributed by atoms with Crippen molar-refractivity contribution in [3.8, 4) is 0 Å². The van der Waals surface area contributed by atoms with Crippen molar-refractivity contribution in [3.63, 3.8) is 0 Å². The van der Waals surface area contributed by atoms with Gasteiger partial charge in [-0.1, -0.05) is 49.4 Å². The number of benzene rings is 1. The number of carbonyl (C=O) groups excluding carboxylic acids is 2. The van der Waals surface area contributed by atoms with E-state index in [2.05, 4.69) is 11.8 Å². The van der Waals surface area contributed by atoms with Crippen molar-refractivity contribution in [1.82, 2.24) is 9.80 Å². The van der Waals surface area contributed by atoms with Crippen LogP contribution < -0.4 is 0 Å². The molecular formula is C21H30Cl2N2O4S. The van der Waals surface area contributed by atoms with Crippen LogP contribution in [0.15, 0.2) is 17.0 Å². The maximum atomic E-state index is 12.7. The highest BCUT2D eigenvalue weighted by Gasteiger charge is 2.23. The maximum Gasteiger partial charge on any atom is 0.219 e. The topological polar surface area (TPSA) is 74.8 Å². The van der Waals surface area contributed by atoms with Crippen LogP contribution in [0.25, 0.3) is 0 Å². The Hall–Kier alpha value is -1.15. The maximum absolute atomic E-state index is 12.7. The van der Waals surface area contributed by atoms with E-state index in [4.69, 9.17) is 23.2 Å². The van der Waals surface area contributed by atoms with Crippen LogP contribution in [0.5, 0.6) is 0 Å². The number of ketones is 1. The molecule has 0 aliphatic carbocycles. The van der Waals surface area contributed by atoms with Crippen LogP contribution in [0.3, 0.4) is 0 Å². The second-order valence-electron chi connectivity index (χ2n) is 7.66. The first kappa shape index (κ1) is 25.1. The lowest BCUT2D eigenvalue weighted by Crippen LogP contribution is -2.48. The van der Waals surface area contributed by atoms with Crippen LogP contribution in [-0.2, 0) is 14.6 Å². The lowest BCUT2D eigenvalue weighted by molar-refractivity contribution is -0.130. The van der Waals surface area contributed by atoms with E-state index in [1.54, 1.807) is 11.8 Å². The predicted molar refractivity (Wildman–Crippen MR) is 120 cm³/mol. The molecule has 2 rings (SSSR count). The van der Waals surface area contributed by atoms with Crippen LogP contribution >= 0.6 is 23.2 Å². The van der Waals surface area contributed by atoms with Gasteiger partial charge in [0.15, 0.2) is 15.6 Å². The molecule has 1 aliphatic heterocycles. The highest BCUT2D eigenvalue weighted by atomic mass is 35.5. The van der Waals surface area contributed by atoms with E-state index in [0.29, 0.717) is 26.1 Å². The van der Waals surface area contributed by atoms with Gasteiger partial charge in [-0.3, -0.25) is 14.5 Å². The summed E-state index contributed by atoms with van der Waals surface area (Å²) in [6, 6.07) is 2.68. The van der Waals surface area contributed by atoms with E-state index in [1.165, 1.54) is 12.1 Å². The largest absolute Gasteiger partial charge is 0.340 e. The molecule has 30 heavy (non-hydrogen) atoms. The van der Waals surface area contributed by atoms with Gasteiger partial charge in [0.05, 0.1) is 20.7 Å². The Morgan fingerprint density at radius 3 is 2.27 bits per heavy atom. The van der Waals surface area contributed by atoms with Gasteiger partial charge in [-0.15, -0.1) is 0 Å². The molecule has 1 heterocycles. The number of hydrogen-bond donors (Lipinski definition) is 0. The molecule has 1 aromatic rings. The molecule has 1 amide bonds. The fraction of sp³-hybridized carbons (Fsp3) is 0.619. The molecule has 0 aromatic heterocycles. The molecule has 1 fully saturated rings. The first-order chi connectivity index (χ1) is 14.2. The van der Waals surface area contributed by atoms with Gasteiger partial charge >= 0.3 is 0 Å². The number of rotatable bonds is 10. The van der Waals surface area contributed by atoms with Gasteiger partial charge < -0.3 is 4.90 Å². The lowest BCUT2D eigenvalue weighted by atomic mass is 10.1. The van der Waals surface area contributed by atoms with Crippen molar-refractivity contribution < 1.29 is 18.0 Å². The smallest absolute Gasteiger partial charge is 0.219 e. The van der Waals surface area contributed by atoms with Crippen LogP contribution in [0.2, 0.25) is 10.0 Å². The Balaban J connectivity index is 1.99. The van der Waals surface area contributed by atoms with Gasteiger partial charge in [0.25, 0.3) is 0 Å². The molecule has 0 spiro atoms. The number of amides is 1. The molecule has 0 atom stereocenters. The summed E-state index contributed by atoms with van der Waals surface area (Å²) in [6.07, 6.45) is 3.68. The van der Waals surface area contributed by atoms with Gasteiger partial charge in [0.1, 0.15) is 0 Å². The fourth-order valence-corrected chi connectivity index (χ4v) is 5.80. The van der Waals surface area contributed by atoms with Crippen molar-refractivity contribution in [2.75, 3.05) is 38.5 Å². The Morgan fingerprint density at radius 1 is 1.00 bits per heavy atom. The van der Waals surface area contributed by atoms with E-state index in [-0.39, 0.29) is 44.4 Å². The minimum Gasteiger partial charge on any atom is -0.340 e. The van der Waals surface area contributed by atoms with Gasteiger partial charge in [-0.05, 0) is 18.6 Å². The lowest BCUT2D eigenvalue weighted by Gasteiger charge is -2.34. The number of halogens is 2. The van der Waals surface area contributed by atoms with Crippen molar-refractivity contribution in [2.24, 2.45) is 0 Å². The molecule has 0 unspecified atom stereocenters. The Bertz CT molecular complexity index is 866. The number of hydrogen-bond acceptors (Lipinski definition) is 5. The molecule has 0 N–H and O–H groups in total. The monoisotopic (exact) mass is 476 g/mol. The van der Waals surface area contributed by atoms with Gasteiger partial charge in [0, 0.05) is 51.6 Å². The van der Waals surface area contributed by atoms with Gasteiger partial charge in [-0.25, -0.2) is 8.42 Å². The van der Waals surface area contributed by atoms with Crippen LogP contribution in [-0.4, -0.2) is 68.4 Å². The molecule has 6 nitrogen and oxygen atoms in total. The van der Waals surface area contributed by atoms with E-state index in [9.17, 15) is 18.0 Å². The zero-order chi connectivity index (χ0) is 22.3. The normalized spacial score (nSPS) is 15.4. The Labute approximate surface area is 189 Å². The third-order valence-electron chi connectivity index (χ3n) is 5.40. The third-order valence-corrected chi connectivity index (χ3v) is 7.97. The molecule has 168 valence electrons. The number of unbranched alkanes of at least 4 members (excludes halogenated alkanes) is 3. The summed E-state index contributed by atoms with van der Waals surface area (Å²) < 4.78 is 25.2. The van der Waals surface area contributed by atoms with Crippen molar-refractivity contribution in [1.29, 1.82) is 0 Å². The highest BCUT2D eigenvalue weighted by molar-refractivity contribution is 7.91. The standard InChI is InChI=1S/C21H30Cl2N2O4S/c1-3-4-5-6-13-30(28,29)21-15-18(22)17(14-19(21)23)20(27)7-8-24-9-11-25(12-10-24)16(2)26/h14-15H,3-13H2,1-2H3. The molecule has 0 radical (unpaired) electrons. The zero-order valence-electron chi connectivity index (χ0n) is 17.6. The Morgan fingerprint density at radius 2 is 1.67 bits per heavy atom. The van der Waals surface area contributed by atoms with E-state index in [0.717, 1.165) is 32.4 Å². The molecule has 1 aliphatic rings. The van der Waals surface area contributed by atoms with Gasteiger partial charge in [-0.2, -0.15) is 0 Å². The minimum absolute atomic E-state index is 0.0115. The van der Waals surface area contributed by atoms with Crippen LogP contribution in [0.1, 0.15) is 56.3 Å². The first-order valence-electron chi connectivity index (χ1n) is 10.4. The number of Topliss-reactive ketones (excluding diaryl/α,β-unsaturated/α-hetero) is 1. The van der Waals surface area contributed by atoms with Crippen LogP contribution in [0.4, 0.5) is 0 Å². The molecular weight excluding hydrogens is 447 g/mol. The fourth-order valence-electron chi connectivity index (χ4n) is 3.49. The number of sulfone groups is 1. The summed E-state index contributed by atoms with van der Waals surface area (Å²) >= 11 is 12.5. The number of piperazine rings is 1. The van der Waals surface area contributed by atoms with Gasteiger partial charge in [0.2, 0.25) is 5.91 Å². The molecule has 9 heteroatoms. The van der Waals surface area contributed by atoms with E-state index in [1.807, 2.05) is 0 Å². The average molecular weight is 477 g/mol. The van der Waals surface area contributed by atoms with E-state index < -0.39 is 9.84 Å². The minimum atomic E-state index is -3.55. The summed E-state index contributed by atoms with van der Waals surface area (Å²) in [5, 5.41) is 0.145. The number of carbonyl (C=O) groups is 2. The summed E-state index contributed by atoms with van der Waals surface area (Å²) in [4.78, 5) is 28.0. The van der Waals surface area contributed by atoms with Crippen molar-refractivity contribution in [3.05, 3.63) is 27.7 Å². The summed E-state index contributed by atoms with van der Waals surface area (Å²) in [5.74, 6) is -0.0990. The van der Waals surface area contributed by atoms with Crippen LogP contribution in [0, 0.1) is 0 Å². The zero-order valence-corrected chi connectivity index (χ0v) is 20.0. The average Bonchev–Trinajstić information content (AvgIpc) is 2.71. The van der Waals surface area contributed by atoms with Crippen molar-refractivity contribution >= 4 is 44.7 Å². The van der Waals surface area contributed by atoms with Crippen molar-refractivity contribution in [2.45, 2.75) is 50.8 Å². The summed E-state index contributed by atoms with van der Waals surface area (Å²) in [7, 11) is -3.55.